The SMILES string of the molecule is [C-]#[N+]CCCOc1cc2c(cc1OC)-c1cc(=O)c(C(=O)O)cn1N(CC(C)C)C2. The van der Waals surface area contributed by atoms with Crippen LogP contribution in [0, 0.1) is 12.5 Å². The van der Waals surface area contributed by atoms with Gasteiger partial charge in [-0.1, -0.05) is 13.8 Å². The number of benzene rings is 1. The molecule has 2 heterocycles. The fourth-order valence-corrected chi connectivity index (χ4v) is 3.54. The number of aromatic nitrogens is 1. The number of carbonyl (C=O) groups is 1. The van der Waals surface area contributed by atoms with E-state index in [1.54, 1.807) is 11.8 Å². The molecule has 0 amide bonds. The highest BCUT2D eigenvalue weighted by Crippen LogP contribution is 2.38. The summed E-state index contributed by atoms with van der Waals surface area (Å²) in [5.41, 5.74) is 1.57. The van der Waals surface area contributed by atoms with E-state index in [2.05, 4.69) is 18.7 Å². The van der Waals surface area contributed by atoms with E-state index in [9.17, 15) is 14.7 Å². The summed E-state index contributed by atoms with van der Waals surface area (Å²) in [5, 5.41) is 11.4. The lowest BCUT2D eigenvalue weighted by Crippen LogP contribution is -2.41. The molecular weight excluding hydrogens is 386 g/mol. The number of carboxylic acid groups (broad SMARTS) is 1. The van der Waals surface area contributed by atoms with Crippen LogP contribution < -0.4 is 19.9 Å². The van der Waals surface area contributed by atoms with Gasteiger partial charge in [0.1, 0.15) is 5.56 Å². The topological polar surface area (TPSA) is 85.4 Å². The van der Waals surface area contributed by atoms with Crippen molar-refractivity contribution in [1.29, 1.82) is 0 Å². The molecule has 158 valence electrons. The fourth-order valence-electron chi connectivity index (χ4n) is 3.54. The van der Waals surface area contributed by atoms with Crippen LogP contribution in [-0.2, 0) is 6.54 Å². The zero-order valence-corrected chi connectivity index (χ0v) is 17.3. The molecule has 0 fully saturated rings. The van der Waals surface area contributed by atoms with Crippen molar-refractivity contribution in [2.45, 2.75) is 26.8 Å². The molecule has 0 bridgehead atoms. The van der Waals surface area contributed by atoms with Crippen LogP contribution >= 0.6 is 0 Å². The standard InChI is InChI=1S/C22H25N3O5/c1-14(2)11-24-12-15-8-21(30-7-5-6-23-3)20(29-4)9-16(15)18-10-19(26)17(22(27)28)13-25(18)24/h8-10,13-14H,5-7,11-12H2,1-2,4H3,(H,27,28). The zero-order valence-electron chi connectivity index (χ0n) is 17.3. The number of hydrogen-bond donors (Lipinski definition) is 1. The molecule has 0 aliphatic carbocycles. The highest BCUT2D eigenvalue weighted by molar-refractivity contribution is 5.88. The Bertz CT molecular complexity index is 1050. The summed E-state index contributed by atoms with van der Waals surface area (Å²) < 4.78 is 13.1. The van der Waals surface area contributed by atoms with Gasteiger partial charge in [0.05, 0.1) is 32.4 Å². The van der Waals surface area contributed by atoms with Crippen LogP contribution in [0.3, 0.4) is 0 Å². The molecule has 0 radical (unpaired) electrons. The maximum atomic E-state index is 12.4. The summed E-state index contributed by atoms with van der Waals surface area (Å²) in [6.45, 7) is 13.1. The molecule has 0 saturated carbocycles. The first-order valence-corrected chi connectivity index (χ1v) is 9.78. The van der Waals surface area contributed by atoms with E-state index in [0.717, 1.165) is 11.1 Å². The molecule has 8 heteroatoms. The lowest BCUT2D eigenvalue weighted by Gasteiger charge is -2.36. The van der Waals surface area contributed by atoms with Crippen molar-refractivity contribution >= 4 is 5.97 Å². The molecule has 1 aromatic carbocycles. The molecule has 30 heavy (non-hydrogen) atoms. The van der Waals surface area contributed by atoms with Crippen LogP contribution in [0.15, 0.2) is 29.2 Å². The number of hydrogen-bond acceptors (Lipinski definition) is 5. The second kappa shape index (κ2) is 8.91. The van der Waals surface area contributed by atoms with Gasteiger partial charge in [-0.05, 0) is 23.6 Å². The molecule has 0 spiro atoms. The summed E-state index contributed by atoms with van der Waals surface area (Å²) in [7, 11) is 1.54. The highest BCUT2D eigenvalue weighted by atomic mass is 16.5. The van der Waals surface area contributed by atoms with E-state index < -0.39 is 11.4 Å². The van der Waals surface area contributed by atoms with Crippen molar-refractivity contribution in [3.05, 3.63) is 57.2 Å². The normalized spacial score (nSPS) is 12.2. The second-order valence-corrected chi connectivity index (χ2v) is 7.57. The van der Waals surface area contributed by atoms with Gasteiger partial charge in [-0.2, -0.15) is 0 Å². The molecule has 1 aliphatic heterocycles. The van der Waals surface area contributed by atoms with Crippen LogP contribution in [0.2, 0.25) is 0 Å². The smallest absolute Gasteiger partial charge is 0.341 e. The van der Waals surface area contributed by atoms with Crippen molar-refractivity contribution in [3.8, 4) is 22.8 Å². The maximum Gasteiger partial charge on any atom is 0.341 e. The second-order valence-electron chi connectivity index (χ2n) is 7.57. The summed E-state index contributed by atoms with van der Waals surface area (Å²) >= 11 is 0. The van der Waals surface area contributed by atoms with E-state index >= 15 is 0 Å². The molecule has 0 unspecified atom stereocenters. The van der Waals surface area contributed by atoms with Crippen LogP contribution in [-0.4, -0.2) is 42.6 Å². The van der Waals surface area contributed by atoms with Crippen LogP contribution in [0.1, 0.15) is 36.2 Å². The summed E-state index contributed by atoms with van der Waals surface area (Å²) in [4.78, 5) is 27.2. The highest BCUT2D eigenvalue weighted by Gasteiger charge is 2.26. The summed E-state index contributed by atoms with van der Waals surface area (Å²) in [6, 6.07) is 5.08. The van der Waals surface area contributed by atoms with Crippen LogP contribution in [0.25, 0.3) is 16.1 Å². The van der Waals surface area contributed by atoms with Gasteiger partial charge in [-0.15, -0.1) is 0 Å². The summed E-state index contributed by atoms with van der Waals surface area (Å²) in [6.07, 6.45) is 2.02. The Balaban J connectivity index is 2.10. The lowest BCUT2D eigenvalue weighted by molar-refractivity contribution is 0.0694. The van der Waals surface area contributed by atoms with Crippen molar-refractivity contribution in [2.75, 3.05) is 31.8 Å². The third-order valence-corrected chi connectivity index (χ3v) is 4.83. The van der Waals surface area contributed by atoms with E-state index in [4.69, 9.17) is 16.0 Å². The van der Waals surface area contributed by atoms with Gasteiger partial charge in [0.2, 0.25) is 6.54 Å². The molecule has 3 rings (SSSR count). The molecule has 0 saturated heterocycles. The summed E-state index contributed by atoms with van der Waals surface area (Å²) in [5.74, 6) is 0.194. The van der Waals surface area contributed by atoms with Crippen LogP contribution in [0.4, 0.5) is 0 Å². The van der Waals surface area contributed by atoms with Crippen molar-refractivity contribution in [3.63, 3.8) is 0 Å². The van der Waals surface area contributed by atoms with Gasteiger partial charge in [-0.25, -0.2) is 11.4 Å². The number of methoxy groups -OCH3 is 1. The monoisotopic (exact) mass is 411 g/mol. The van der Waals surface area contributed by atoms with Gasteiger partial charge in [0, 0.05) is 24.4 Å². The van der Waals surface area contributed by atoms with Crippen molar-refractivity contribution in [2.24, 2.45) is 5.92 Å². The van der Waals surface area contributed by atoms with Gasteiger partial charge >= 0.3 is 5.97 Å². The zero-order chi connectivity index (χ0) is 21.8. The Hall–Kier alpha value is -3.47. The quantitative estimate of drug-likeness (QED) is 0.531. The van der Waals surface area contributed by atoms with Gasteiger partial charge < -0.3 is 24.4 Å². The van der Waals surface area contributed by atoms with Gasteiger partial charge in [0.25, 0.3) is 0 Å². The Morgan fingerprint density at radius 1 is 1.30 bits per heavy atom. The third kappa shape index (κ3) is 4.25. The number of aromatic carboxylic acids is 1. The fraction of sp³-hybridized carbons (Fsp3) is 0.409. The molecule has 1 aromatic heterocycles. The number of ether oxygens (including phenoxy) is 2. The minimum atomic E-state index is -1.24. The van der Waals surface area contributed by atoms with E-state index in [-0.39, 0.29) is 5.56 Å². The predicted octanol–water partition coefficient (Wildman–Crippen LogP) is 3.02. The number of pyridine rings is 1. The van der Waals surface area contributed by atoms with Gasteiger partial charge in [0.15, 0.2) is 16.9 Å². The number of carboxylic acids is 1. The minimum Gasteiger partial charge on any atom is -0.493 e. The van der Waals surface area contributed by atoms with E-state index in [0.29, 0.717) is 55.8 Å². The largest absolute Gasteiger partial charge is 0.493 e. The van der Waals surface area contributed by atoms with Crippen molar-refractivity contribution in [1.82, 2.24) is 4.68 Å². The first-order valence-electron chi connectivity index (χ1n) is 9.78. The first kappa shape index (κ1) is 21.2. The molecule has 8 nitrogen and oxygen atoms in total. The van der Waals surface area contributed by atoms with E-state index in [1.165, 1.54) is 12.3 Å². The average molecular weight is 411 g/mol. The number of fused-ring (bicyclic) bond motifs is 3. The Kier molecular flexibility index (Phi) is 6.31. The minimum absolute atomic E-state index is 0.261. The Labute approximate surface area is 175 Å². The molecule has 2 aromatic rings. The number of nitrogens with zero attached hydrogens (tertiary/aromatic N) is 3. The lowest BCUT2D eigenvalue weighted by atomic mass is 9.99. The number of rotatable bonds is 8. The first-order chi connectivity index (χ1) is 14.3. The predicted molar refractivity (Wildman–Crippen MR) is 113 cm³/mol. The third-order valence-electron chi connectivity index (χ3n) is 4.83. The molecule has 1 aliphatic rings. The molecule has 0 atom stereocenters. The van der Waals surface area contributed by atoms with Crippen molar-refractivity contribution < 1.29 is 19.4 Å². The Morgan fingerprint density at radius 2 is 2.07 bits per heavy atom. The molecular formula is C22H25N3O5. The van der Waals surface area contributed by atoms with E-state index in [1.807, 2.05) is 17.1 Å². The Morgan fingerprint density at radius 3 is 2.70 bits per heavy atom. The van der Waals surface area contributed by atoms with Crippen LogP contribution in [0.5, 0.6) is 11.5 Å². The average Bonchev–Trinajstić information content (AvgIpc) is 2.69. The van der Waals surface area contributed by atoms with Gasteiger partial charge in [-0.3, -0.25) is 9.47 Å². The molecule has 1 N–H and O–H groups in total. The maximum absolute atomic E-state index is 12.4.